The van der Waals surface area contributed by atoms with E-state index in [0.29, 0.717) is 19.0 Å². The second-order valence-corrected chi connectivity index (χ2v) is 6.73. The van der Waals surface area contributed by atoms with Gasteiger partial charge in [0.25, 0.3) is 5.91 Å². The SMILES string of the molecule is O=C(O)c1cnc(C(=O)N2CCC(Cc3nc4ccccc4[nH]3)CC2)cn1. The van der Waals surface area contributed by atoms with Gasteiger partial charge in [0, 0.05) is 19.5 Å². The lowest BCUT2D eigenvalue weighted by molar-refractivity contribution is 0.0669. The molecule has 138 valence electrons. The zero-order valence-electron chi connectivity index (χ0n) is 14.6. The van der Waals surface area contributed by atoms with E-state index in [0.717, 1.165) is 42.3 Å². The number of H-pyrrole nitrogens is 1. The second kappa shape index (κ2) is 7.14. The number of aromatic nitrogens is 4. The molecule has 2 N–H and O–H groups in total. The fourth-order valence-electron chi connectivity index (χ4n) is 3.43. The highest BCUT2D eigenvalue weighted by atomic mass is 16.4. The van der Waals surface area contributed by atoms with Crippen LogP contribution in [0.5, 0.6) is 0 Å². The number of hydrogen-bond acceptors (Lipinski definition) is 5. The lowest BCUT2D eigenvalue weighted by atomic mass is 9.93. The van der Waals surface area contributed by atoms with E-state index in [2.05, 4.69) is 19.9 Å². The van der Waals surface area contributed by atoms with E-state index in [1.54, 1.807) is 4.90 Å². The van der Waals surface area contributed by atoms with Crippen molar-refractivity contribution in [1.29, 1.82) is 0 Å². The molecular formula is C19H19N5O3. The van der Waals surface area contributed by atoms with Crippen LogP contribution in [0.2, 0.25) is 0 Å². The molecule has 0 saturated carbocycles. The van der Waals surface area contributed by atoms with E-state index in [1.807, 2.05) is 24.3 Å². The van der Waals surface area contributed by atoms with Crippen LogP contribution >= 0.6 is 0 Å². The third kappa shape index (κ3) is 3.64. The van der Waals surface area contributed by atoms with Gasteiger partial charge in [-0.3, -0.25) is 4.79 Å². The largest absolute Gasteiger partial charge is 0.476 e. The van der Waals surface area contributed by atoms with Crippen LogP contribution in [-0.2, 0) is 6.42 Å². The Bertz CT molecular complexity index is 941. The predicted octanol–water partition coefficient (Wildman–Crippen LogP) is 2.15. The molecule has 1 fully saturated rings. The number of likely N-dealkylation sites (tertiary alicyclic amines) is 1. The van der Waals surface area contributed by atoms with E-state index in [-0.39, 0.29) is 17.3 Å². The number of para-hydroxylation sites is 2. The highest BCUT2D eigenvalue weighted by molar-refractivity contribution is 5.92. The first-order valence-corrected chi connectivity index (χ1v) is 8.88. The Labute approximate surface area is 155 Å². The number of carboxylic acid groups (broad SMARTS) is 1. The van der Waals surface area contributed by atoms with Gasteiger partial charge in [-0.25, -0.2) is 19.7 Å². The number of amides is 1. The number of imidazole rings is 1. The summed E-state index contributed by atoms with van der Waals surface area (Å²) in [6.45, 7) is 1.29. The van der Waals surface area contributed by atoms with Gasteiger partial charge in [0.1, 0.15) is 11.5 Å². The van der Waals surface area contributed by atoms with Crippen LogP contribution in [0.3, 0.4) is 0 Å². The fraction of sp³-hybridized carbons (Fsp3) is 0.316. The van der Waals surface area contributed by atoms with Gasteiger partial charge in [0.15, 0.2) is 5.69 Å². The molecular weight excluding hydrogens is 346 g/mol. The first-order chi connectivity index (χ1) is 13.1. The number of piperidine rings is 1. The molecule has 2 aromatic heterocycles. The minimum atomic E-state index is -1.16. The summed E-state index contributed by atoms with van der Waals surface area (Å²) in [5.74, 6) is 0.0840. The molecule has 1 aliphatic heterocycles. The molecule has 27 heavy (non-hydrogen) atoms. The summed E-state index contributed by atoms with van der Waals surface area (Å²) in [6.07, 6.45) is 4.99. The van der Waals surface area contributed by atoms with Crippen molar-refractivity contribution in [2.24, 2.45) is 5.92 Å². The average molecular weight is 365 g/mol. The number of carboxylic acids is 1. The van der Waals surface area contributed by atoms with Crippen LogP contribution in [0, 0.1) is 5.92 Å². The third-order valence-electron chi connectivity index (χ3n) is 4.91. The Kier molecular flexibility index (Phi) is 4.53. The van der Waals surface area contributed by atoms with E-state index in [9.17, 15) is 9.59 Å². The number of fused-ring (bicyclic) bond motifs is 1. The van der Waals surface area contributed by atoms with Crippen molar-refractivity contribution < 1.29 is 14.7 Å². The van der Waals surface area contributed by atoms with Crippen molar-refractivity contribution in [2.45, 2.75) is 19.3 Å². The molecule has 0 bridgehead atoms. The van der Waals surface area contributed by atoms with Gasteiger partial charge < -0.3 is 15.0 Å². The van der Waals surface area contributed by atoms with Crippen LogP contribution in [0.1, 0.15) is 39.6 Å². The van der Waals surface area contributed by atoms with Gasteiger partial charge in [-0.2, -0.15) is 0 Å². The number of benzene rings is 1. The highest BCUT2D eigenvalue weighted by Crippen LogP contribution is 2.23. The number of rotatable bonds is 4. The Hall–Kier alpha value is -3.29. The number of hydrogen-bond donors (Lipinski definition) is 2. The normalized spacial score (nSPS) is 15.2. The van der Waals surface area contributed by atoms with Crippen molar-refractivity contribution in [3.05, 3.63) is 53.9 Å². The molecule has 3 heterocycles. The number of nitrogens with one attached hydrogen (secondary N) is 1. The first kappa shape index (κ1) is 17.1. The van der Waals surface area contributed by atoms with Crippen LogP contribution in [0.15, 0.2) is 36.7 Å². The third-order valence-corrected chi connectivity index (χ3v) is 4.91. The van der Waals surface area contributed by atoms with Gasteiger partial charge in [-0.15, -0.1) is 0 Å². The minimum Gasteiger partial charge on any atom is -0.476 e. The lowest BCUT2D eigenvalue weighted by Crippen LogP contribution is -2.39. The summed E-state index contributed by atoms with van der Waals surface area (Å²) in [7, 11) is 0. The molecule has 1 saturated heterocycles. The van der Waals surface area contributed by atoms with Gasteiger partial charge in [-0.05, 0) is 30.9 Å². The highest BCUT2D eigenvalue weighted by Gasteiger charge is 2.25. The molecule has 1 aliphatic rings. The van der Waals surface area contributed by atoms with Crippen molar-refractivity contribution in [3.63, 3.8) is 0 Å². The van der Waals surface area contributed by atoms with Crippen molar-refractivity contribution in [2.75, 3.05) is 13.1 Å². The molecule has 0 atom stereocenters. The topological polar surface area (TPSA) is 112 Å². The minimum absolute atomic E-state index is 0.170. The summed E-state index contributed by atoms with van der Waals surface area (Å²) in [4.78, 5) is 40.8. The summed E-state index contributed by atoms with van der Waals surface area (Å²) in [6, 6.07) is 7.97. The lowest BCUT2D eigenvalue weighted by Gasteiger charge is -2.31. The molecule has 0 unspecified atom stereocenters. The smallest absolute Gasteiger partial charge is 0.356 e. The van der Waals surface area contributed by atoms with Gasteiger partial charge in [0.05, 0.1) is 23.4 Å². The van der Waals surface area contributed by atoms with Crippen LogP contribution in [-0.4, -0.2) is 54.9 Å². The summed E-state index contributed by atoms with van der Waals surface area (Å²) >= 11 is 0. The number of carbonyl (C=O) groups is 2. The monoisotopic (exact) mass is 365 g/mol. The standard InChI is InChI=1S/C19H19N5O3/c25-18(15-10-21-16(11-20-15)19(26)27)24-7-5-12(6-8-24)9-17-22-13-3-1-2-4-14(13)23-17/h1-4,10-12H,5-9H2,(H,22,23)(H,26,27). The predicted molar refractivity (Wildman–Crippen MR) is 97.4 cm³/mol. The van der Waals surface area contributed by atoms with Crippen molar-refractivity contribution >= 4 is 22.9 Å². The quantitative estimate of drug-likeness (QED) is 0.733. The molecule has 0 radical (unpaired) electrons. The molecule has 8 heteroatoms. The summed E-state index contributed by atoms with van der Waals surface area (Å²) < 4.78 is 0. The number of nitrogens with zero attached hydrogens (tertiary/aromatic N) is 4. The summed E-state index contributed by atoms with van der Waals surface area (Å²) in [5, 5.41) is 8.85. The van der Waals surface area contributed by atoms with Gasteiger partial charge in [-0.1, -0.05) is 12.1 Å². The Balaban J connectivity index is 1.35. The van der Waals surface area contributed by atoms with E-state index in [1.165, 1.54) is 6.20 Å². The van der Waals surface area contributed by atoms with Crippen LogP contribution < -0.4 is 0 Å². The van der Waals surface area contributed by atoms with Crippen LogP contribution in [0.4, 0.5) is 0 Å². The van der Waals surface area contributed by atoms with Gasteiger partial charge in [0.2, 0.25) is 0 Å². The average Bonchev–Trinajstić information content (AvgIpc) is 3.10. The maximum atomic E-state index is 12.5. The molecule has 3 aromatic rings. The molecule has 1 aromatic carbocycles. The Morgan fingerprint density at radius 3 is 2.48 bits per heavy atom. The Morgan fingerprint density at radius 2 is 1.81 bits per heavy atom. The fourth-order valence-corrected chi connectivity index (χ4v) is 3.43. The molecule has 8 nitrogen and oxygen atoms in total. The van der Waals surface area contributed by atoms with Crippen LogP contribution in [0.25, 0.3) is 11.0 Å². The molecule has 4 rings (SSSR count). The van der Waals surface area contributed by atoms with E-state index < -0.39 is 5.97 Å². The number of aromatic amines is 1. The molecule has 0 spiro atoms. The second-order valence-electron chi connectivity index (χ2n) is 6.73. The zero-order chi connectivity index (χ0) is 18.8. The van der Waals surface area contributed by atoms with Crippen molar-refractivity contribution in [1.82, 2.24) is 24.8 Å². The number of aromatic carboxylic acids is 1. The van der Waals surface area contributed by atoms with E-state index >= 15 is 0 Å². The van der Waals surface area contributed by atoms with Crippen molar-refractivity contribution in [3.8, 4) is 0 Å². The van der Waals surface area contributed by atoms with Gasteiger partial charge >= 0.3 is 5.97 Å². The maximum absolute atomic E-state index is 12.5. The van der Waals surface area contributed by atoms with E-state index in [4.69, 9.17) is 5.11 Å². The number of carbonyl (C=O) groups excluding carboxylic acids is 1. The maximum Gasteiger partial charge on any atom is 0.356 e. The molecule has 0 aliphatic carbocycles. The zero-order valence-corrected chi connectivity index (χ0v) is 14.6. The summed E-state index contributed by atoms with van der Waals surface area (Å²) in [5.41, 5.74) is 2.03. The molecule has 1 amide bonds. The first-order valence-electron chi connectivity index (χ1n) is 8.88. The Morgan fingerprint density at radius 1 is 1.11 bits per heavy atom.